The molecule has 1 aliphatic rings. The lowest BCUT2D eigenvalue weighted by molar-refractivity contribution is -0.137. The number of aryl methyl sites for hydroxylation is 1. The normalized spacial score (nSPS) is 16.5. The van der Waals surface area contributed by atoms with E-state index in [0.717, 1.165) is 33.6 Å². The van der Waals surface area contributed by atoms with Crippen molar-refractivity contribution >= 4 is 21.8 Å². The molecule has 1 fully saturated rings. The van der Waals surface area contributed by atoms with Crippen molar-refractivity contribution in [3.8, 4) is 0 Å². The second-order valence-corrected chi connectivity index (χ2v) is 10.5. The molecule has 1 heterocycles. The topological polar surface area (TPSA) is 95.6 Å². The molecule has 11 heteroatoms. The van der Waals surface area contributed by atoms with Crippen LogP contribution in [0.4, 0.5) is 13.2 Å². The van der Waals surface area contributed by atoms with Gasteiger partial charge in [-0.15, -0.1) is 0 Å². The first-order valence-electron chi connectivity index (χ1n) is 11.2. The number of sulfonamides is 1. The summed E-state index contributed by atoms with van der Waals surface area (Å²) in [4.78, 5) is 24.2. The fourth-order valence-electron chi connectivity index (χ4n) is 4.04. The number of hydrogen-bond acceptors (Lipinski definition) is 4. The fraction of sp³-hybridized carbons (Fsp3) is 0.417. The van der Waals surface area contributed by atoms with Gasteiger partial charge in [0.05, 0.1) is 10.5 Å². The SMILES string of the molecule is CC(=O)N[C@@H](Cc1ccccc1C)C(=O)NC1CCN(S(=O)(=O)c2cccc(C(F)(F)F)c2)CC1. The average Bonchev–Trinajstić information content (AvgIpc) is 2.79. The standard InChI is InChI=1S/C24H28F3N3O4S/c1-16-6-3-4-7-18(16)14-22(28-17(2)31)23(32)29-20-10-12-30(13-11-20)35(33,34)21-9-5-8-19(15-21)24(25,26)27/h3-9,15,20,22H,10-14H2,1-2H3,(H,28,31)(H,29,32)/t22-/m0/s1. The smallest absolute Gasteiger partial charge is 0.351 e. The summed E-state index contributed by atoms with van der Waals surface area (Å²) in [5.74, 6) is -0.719. The summed E-state index contributed by atoms with van der Waals surface area (Å²) in [6.07, 6.45) is -3.76. The molecule has 3 rings (SSSR count). The molecule has 1 saturated heterocycles. The zero-order chi connectivity index (χ0) is 25.8. The number of nitrogens with zero attached hydrogens (tertiary/aromatic N) is 1. The van der Waals surface area contributed by atoms with Crippen molar-refractivity contribution in [1.82, 2.24) is 14.9 Å². The first-order chi connectivity index (χ1) is 16.4. The second-order valence-electron chi connectivity index (χ2n) is 8.60. The van der Waals surface area contributed by atoms with Crippen LogP contribution in [0.3, 0.4) is 0 Å². The summed E-state index contributed by atoms with van der Waals surface area (Å²) in [7, 11) is -4.11. The van der Waals surface area contributed by atoms with Gasteiger partial charge in [-0.05, 0) is 49.1 Å². The molecule has 0 aromatic heterocycles. The van der Waals surface area contributed by atoms with Crippen molar-refractivity contribution in [2.24, 2.45) is 0 Å². The zero-order valence-electron chi connectivity index (χ0n) is 19.4. The number of carbonyl (C=O) groups excluding carboxylic acids is 2. The number of amides is 2. The Morgan fingerprint density at radius 1 is 1.09 bits per heavy atom. The van der Waals surface area contributed by atoms with Crippen LogP contribution in [0.15, 0.2) is 53.4 Å². The quantitative estimate of drug-likeness (QED) is 0.598. The maximum absolute atomic E-state index is 13.0. The van der Waals surface area contributed by atoms with Crippen LogP contribution in [-0.2, 0) is 32.2 Å². The van der Waals surface area contributed by atoms with E-state index in [1.807, 2.05) is 31.2 Å². The third kappa shape index (κ3) is 6.82. The number of piperidine rings is 1. The molecule has 0 unspecified atom stereocenters. The minimum Gasteiger partial charge on any atom is -0.351 e. The largest absolute Gasteiger partial charge is 0.416 e. The highest BCUT2D eigenvalue weighted by Gasteiger charge is 2.35. The molecule has 1 atom stereocenters. The predicted molar refractivity (Wildman–Crippen MR) is 124 cm³/mol. The van der Waals surface area contributed by atoms with Crippen LogP contribution in [0.5, 0.6) is 0 Å². The van der Waals surface area contributed by atoms with Gasteiger partial charge in [-0.25, -0.2) is 8.42 Å². The Balaban J connectivity index is 1.64. The third-order valence-corrected chi connectivity index (χ3v) is 7.87. The molecular weight excluding hydrogens is 483 g/mol. The predicted octanol–water partition coefficient (Wildman–Crippen LogP) is 3.03. The molecule has 2 N–H and O–H groups in total. The van der Waals surface area contributed by atoms with Gasteiger partial charge in [-0.2, -0.15) is 17.5 Å². The lowest BCUT2D eigenvalue weighted by Gasteiger charge is -2.32. The summed E-state index contributed by atoms with van der Waals surface area (Å²) in [6, 6.07) is 10.1. The monoisotopic (exact) mass is 511 g/mol. The number of halogens is 3. The second kappa shape index (κ2) is 10.8. The van der Waals surface area contributed by atoms with Crippen molar-refractivity contribution < 1.29 is 31.2 Å². The van der Waals surface area contributed by atoms with Crippen LogP contribution in [0.1, 0.15) is 36.5 Å². The minimum atomic E-state index is -4.65. The molecule has 2 aromatic carbocycles. The van der Waals surface area contributed by atoms with E-state index in [9.17, 15) is 31.2 Å². The van der Waals surface area contributed by atoms with Gasteiger partial charge in [0.15, 0.2) is 0 Å². The summed E-state index contributed by atoms with van der Waals surface area (Å²) in [5, 5.41) is 5.55. The van der Waals surface area contributed by atoms with Gasteiger partial charge in [0.2, 0.25) is 21.8 Å². The van der Waals surface area contributed by atoms with Crippen LogP contribution in [0.25, 0.3) is 0 Å². The number of hydrogen-bond donors (Lipinski definition) is 2. The number of benzene rings is 2. The Kier molecular flexibility index (Phi) is 8.22. The van der Waals surface area contributed by atoms with E-state index in [2.05, 4.69) is 10.6 Å². The minimum absolute atomic E-state index is 0.0477. The molecule has 0 radical (unpaired) electrons. The van der Waals surface area contributed by atoms with Gasteiger partial charge in [0, 0.05) is 32.5 Å². The molecule has 2 amide bonds. The van der Waals surface area contributed by atoms with E-state index < -0.39 is 32.7 Å². The Labute approximate surface area is 202 Å². The highest BCUT2D eigenvalue weighted by molar-refractivity contribution is 7.89. The lowest BCUT2D eigenvalue weighted by atomic mass is 9.99. The molecule has 1 aliphatic heterocycles. The summed E-state index contributed by atoms with van der Waals surface area (Å²) in [5.41, 5.74) is 0.880. The van der Waals surface area contributed by atoms with E-state index in [1.54, 1.807) is 0 Å². The molecule has 190 valence electrons. The van der Waals surface area contributed by atoms with Crippen LogP contribution < -0.4 is 10.6 Å². The van der Waals surface area contributed by atoms with E-state index in [-0.39, 0.29) is 30.9 Å². The number of carbonyl (C=O) groups is 2. The van der Waals surface area contributed by atoms with Crippen LogP contribution in [0, 0.1) is 6.92 Å². The van der Waals surface area contributed by atoms with Crippen molar-refractivity contribution in [2.45, 2.75) is 56.3 Å². The maximum Gasteiger partial charge on any atom is 0.416 e. The van der Waals surface area contributed by atoms with Crippen molar-refractivity contribution in [1.29, 1.82) is 0 Å². The average molecular weight is 512 g/mol. The fourth-order valence-corrected chi connectivity index (χ4v) is 5.55. The number of rotatable bonds is 7. The highest BCUT2D eigenvalue weighted by atomic mass is 32.2. The Morgan fingerprint density at radius 3 is 2.34 bits per heavy atom. The summed E-state index contributed by atoms with van der Waals surface area (Å²) in [6.45, 7) is 3.34. The van der Waals surface area contributed by atoms with E-state index in [4.69, 9.17) is 0 Å². The van der Waals surface area contributed by atoms with Crippen LogP contribution in [-0.4, -0.2) is 49.7 Å². The van der Waals surface area contributed by atoms with Gasteiger partial charge in [-0.3, -0.25) is 9.59 Å². The van der Waals surface area contributed by atoms with Crippen molar-refractivity contribution in [3.63, 3.8) is 0 Å². The Hall–Kier alpha value is -2.92. The Bertz CT molecular complexity index is 1180. The van der Waals surface area contributed by atoms with Crippen LogP contribution in [0.2, 0.25) is 0 Å². The molecule has 7 nitrogen and oxygen atoms in total. The maximum atomic E-state index is 13.0. The van der Waals surface area contributed by atoms with E-state index in [1.165, 1.54) is 6.92 Å². The van der Waals surface area contributed by atoms with Gasteiger partial charge in [-0.1, -0.05) is 30.3 Å². The molecule has 0 saturated carbocycles. The van der Waals surface area contributed by atoms with E-state index in [0.29, 0.717) is 25.3 Å². The summed E-state index contributed by atoms with van der Waals surface area (Å²) >= 11 is 0. The number of nitrogens with one attached hydrogen (secondary N) is 2. The van der Waals surface area contributed by atoms with Gasteiger partial charge < -0.3 is 10.6 Å². The van der Waals surface area contributed by atoms with E-state index >= 15 is 0 Å². The van der Waals surface area contributed by atoms with Crippen molar-refractivity contribution in [3.05, 3.63) is 65.2 Å². The lowest BCUT2D eigenvalue weighted by Crippen LogP contribution is -2.53. The van der Waals surface area contributed by atoms with Gasteiger partial charge >= 0.3 is 6.18 Å². The molecular formula is C24H28F3N3O4S. The number of alkyl halides is 3. The Morgan fingerprint density at radius 2 is 1.74 bits per heavy atom. The zero-order valence-corrected chi connectivity index (χ0v) is 20.2. The van der Waals surface area contributed by atoms with Crippen molar-refractivity contribution in [2.75, 3.05) is 13.1 Å². The molecule has 0 spiro atoms. The highest BCUT2D eigenvalue weighted by Crippen LogP contribution is 2.31. The third-order valence-electron chi connectivity index (χ3n) is 5.98. The molecule has 35 heavy (non-hydrogen) atoms. The molecule has 0 aliphatic carbocycles. The first kappa shape index (κ1) is 26.7. The van der Waals surface area contributed by atoms with Gasteiger partial charge in [0.1, 0.15) is 6.04 Å². The molecule has 2 aromatic rings. The first-order valence-corrected chi connectivity index (χ1v) is 12.6. The van der Waals surface area contributed by atoms with Gasteiger partial charge in [0.25, 0.3) is 0 Å². The molecule has 0 bridgehead atoms. The van der Waals surface area contributed by atoms with Crippen LogP contribution >= 0.6 is 0 Å². The summed E-state index contributed by atoms with van der Waals surface area (Å²) < 4.78 is 65.9.